The zero-order valence-electron chi connectivity index (χ0n) is 59.2. The van der Waals surface area contributed by atoms with Crippen molar-refractivity contribution >= 4 is 65.3 Å². The lowest BCUT2D eigenvalue weighted by Crippen LogP contribution is -2.00. The summed E-state index contributed by atoms with van der Waals surface area (Å²) >= 11 is 0. The first kappa shape index (κ1) is 16.9. The van der Waals surface area contributed by atoms with E-state index in [-0.39, 0.29) is 77.0 Å². The molecule has 0 spiro atoms. The molecule has 0 aliphatic carbocycles. The van der Waals surface area contributed by atoms with E-state index in [1.807, 2.05) is 0 Å². The molecule has 5 heteroatoms. The molecule has 288 valence electrons. The van der Waals surface area contributed by atoms with E-state index in [4.69, 9.17) is 29.1 Å². The van der Waals surface area contributed by atoms with E-state index in [2.05, 4.69) is 15.0 Å². The van der Waals surface area contributed by atoms with Crippen molar-refractivity contribution in [1.29, 1.82) is 0 Å². The van der Waals surface area contributed by atoms with Gasteiger partial charge in [0.25, 0.3) is 0 Å². The van der Waals surface area contributed by atoms with Gasteiger partial charge in [-0.2, -0.15) is 0 Å². The van der Waals surface area contributed by atoms with Crippen molar-refractivity contribution in [1.82, 2.24) is 19.5 Å². The van der Waals surface area contributed by atoms with Crippen LogP contribution in [0.25, 0.3) is 127 Å². The third kappa shape index (κ3) is 5.32. The van der Waals surface area contributed by atoms with Gasteiger partial charge in [0, 0.05) is 49.5 Å². The summed E-state index contributed by atoms with van der Waals surface area (Å²) in [5.41, 5.74) is -4.09. The quantitative estimate of drug-likeness (QED) is 0.157. The largest absolute Gasteiger partial charge is 0.455 e. The second-order valence-electron chi connectivity index (χ2n) is 13.8. The molecule has 0 unspecified atom stereocenters. The molecule has 0 saturated carbocycles. The molecule has 0 atom stereocenters. The number of hydrogen-bond acceptors (Lipinski definition) is 4. The Hall–Kier alpha value is -8.41. The summed E-state index contributed by atoms with van der Waals surface area (Å²) in [5, 5.41) is -0.819. The summed E-state index contributed by atoms with van der Waals surface area (Å²) in [7, 11) is 0. The highest BCUT2D eigenvalue weighted by atomic mass is 16.3. The fourth-order valence-electron chi connectivity index (χ4n) is 7.77. The van der Waals surface area contributed by atoms with Gasteiger partial charge in [-0.15, -0.1) is 0 Å². The Kier molecular flexibility index (Phi) is 3.70. The zero-order valence-corrected chi connectivity index (χ0v) is 31.2. The van der Waals surface area contributed by atoms with E-state index in [0.29, 0.717) is 10.8 Å². The smallest absolute Gasteiger partial charge is 0.164 e. The molecular weight excluding hydrogens is 757 g/mol. The molecule has 5 nitrogen and oxygen atoms in total. The van der Waals surface area contributed by atoms with Crippen molar-refractivity contribution < 1.29 is 42.8 Å². The molecule has 0 aliphatic heterocycles. The minimum absolute atomic E-state index is 0.0146. The molecule has 13 rings (SSSR count). The minimum Gasteiger partial charge on any atom is -0.455 e. The topological polar surface area (TPSA) is 56.7 Å². The maximum absolute atomic E-state index is 10.2. The van der Waals surface area contributed by atoms with E-state index in [1.165, 1.54) is 24.3 Å². The number of aromatic nitrogens is 4. The Morgan fingerprint density at radius 1 is 0.403 bits per heavy atom. The van der Waals surface area contributed by atoms with E-state index in [1.54, 1.807) is 12.1 Å². The highest BCUT2D eigenvalue weighted by molar-refractivity contribution is 6.35. The Morgan fingerprint density at radius 2 is 0.984 bits per heavy atom. The van der Waals surface area contributed by atoms with Crippen molar-refractivity contribution in [2.45, 2.75) is 0 Å². The Bertz CT molecular complexity index is 5430. The van der Waals surface area contributed by atoms with Crippen LogP contribution in [-0.2, 0) is 0 Å². The van der Waals surface area contributed by atoms with Gasteiger partial charge in [-0.05, 0) is 80.6 Å². The summed E-state index contributed by atoms with van der Waals surface area (Å²) in [6, 6.07) is -12.7. The fourth-order valence-corrected chi connectivity index (χ4v) is 7.77. The van der Waals surface area contributed by atoms with E-state index in [9.17, 15) is 13.7 Å². The van der Waals surface area contributed by atoms with Gasteiger partial charge >= 0.3 is 0 Å². The number of nitrogens with zero attached hydrogens (tertiary/aromatic N) is 4. The number of hydrogen-bond donors (Lipinski definition) is 0. The zero-order chi connectivity index (χ0) is 65.1. The lowest BCUT2D eigenvalue weighted by molar-refractivity contribution is 0.670. The molecule has 0 saturated heterocycles. The maximum Gasteiger partial charge on any atom is 0.164 e. The van der Waals surface area contributed by atoms with Crippen LogP contribution in [0.4, 0.5) is 0 Å². The summed E-state index contributed by atoms with van der Waals surface area (Å²) < 4.78 is 257. The Labute approximate surface area is 395 Å². The SMILES string of the molecule is [2H]c1c([2H])c([2H])c(-c2nc(-c3ccc4c(c3)oc3c(-c5c([2H])c6c7c([2H])c([2H])c([2H])c([2H])c7c7c([2H])c([2H])c([2H])c8c7c6c(c5[2H])n8-c5c([2H])c([2H])c([2H])c([2H])c5[2H])cccc34)nc(-c3c([2H])c([2H])c(-c4c([2H])c([2H])c([2H])c([2H])c4[2H])c([2H])c3[2H])n2)c([2H])c1[2H]. The summed E-state index contributed by atoms with van der Waals surface area (Å²) in [4.78, 5) is 13.5. The lowest BCUT2D eigenvalue weighted by Gasteiger charge is -2.11. The van der Waals surface area contributed by atoms with Crippen LogP contribution >= 0.6 is 0 Å². The molecule has 62 heavy (non-hydrogen) atoms. The number of furan rings is 1. The second-order valence-corrected chi connectivity index (χ2v) is 13.8. The lowest BCUT2D eigenvalue weighted by atomic mass is 9.92. The first-order chi connectivity index (χ1) is 42.4. The molecule has 10 aromatic carbocycles. The van der Waals surface area contributed by atoms with Gasteiger partial charge in [-0.1, -0.05) is 163 Å². The Morgan fingerprint density at radius 3 is 1.73 bits per heavy atom. The van der Waals surface area contributed by atoms with E-state index in [0.717, 1.165) is 4.57 Å². The van der Waals surface area contributed by atoms with Crippen molar-refractivity contribution in [3.05, 3.63) is 206 Å². The average molecular weight is 819 g/mol. The number of fused-ring (bicyclic) bond motifs is 6. The van der Waals surface area contributed by atoms with Crippen LogP contribution in [0.5, 0.6) is 0 Å². The number of rotatable bonds is 6. The van der Waals surface area contributed by atoms with Gasteiger partial charge in [-0.3, -0.25) is 0 Å². The predicted octanol–water partition coefficient (Wildman–Crippen LogP) is 14.9. The van der Waals surface area contributed by atoms with Crippen molar-refractivity contribution in [3.63, 3.8) is 0 Å². The van der Waals surface area contributed by atoms with Crippen LogP contribution in [0.15, 0.2) is 210 Å². The maximum atomic E-state index is 10.2. The molecule has 13 aromatic rings. The van der Waals surface area contributed by atoms with Gasteiger partial charge < -0.3 is 8.98 Å². The van der Waals surface area contributed by atoms with Crippen molar-refractivity contribution in [2.75, 3.05) is 0 Å². The monoisotopic (exact) mass is 818 g/mol. The summed E-state index contributed by atoms with van der Waals surface area (Å²) in [6.07, 6.45) is 0. The van der Waals surface area contributed by atoms with E-state index >= 15 is 0 Å². The van der Waals surface area contributed by atoms with Crippen LogP contribution in [-0.4, -0.2) is 19.5 Å². The number of para-hydroxylation sites is 2. The van der Waals surface area contributed by atoms with Crippen LogP contribution < -0.4 is 0 Å². The fraction of sp³-hybridized carbons (Fsp3) is 0. The van der Waals surface area contributed by atoms with Crippen LogP contribution in [0.2, 0.25) is 0 Å². The standard InChI is InChI=1S/C57H34N4O/c1-4-14-35(15-5-1)36-26-28-38(29-27-36)56-58-55(37-16-6-2-7-17-37)59-57(60-56)39-30-31-45-47-24-12-22-42(54(47)62-51(45)34-39)40-32-48-44-21-11-10-20-43(44)46-23-13-25-49-52(46)53(48)50(33-40)61(49)41-18-8-3-9-19-41/h1-34H/i1D,2D,3D,4D,5D,6D,7D,8D,9D,10D,11D,13D,14D,15D,16D,17D,18D,19D,20D,21D,23D,25D,26D,27D,28D,29D,32D,33D. The molecule has 3 aromatic heterocycles. The van der Waals surface area contributed by atoms with Gasteiger partial charge in [-0.25, -0.2) is 15.0 Å². The van der Waals surface area contributed by atoms with Gasteiger partial charge in [0.15, 0.2) is 17.5 Å². The van der Waals surface area contributed by atoms with Crippen LogP contribution in [0.3, 0.4) is 0 Å². The Balaban J connectivity index is 1.10. The first-order valence-corrected chi connectivity index (χ1v) is 18.7. The molecular formula is C57H34N4O. The summed E-state index contributed by atoms with van der Waals surface area (Å²) in [6.45, 7) is 0. The molecule has 0 aliphatic rings. The van der Waals surface area contributed by atoms with Crippen LogP contribution in [0.1, 0.15) is 38.4 Å². The van der Waals surface area contributed by atoms with Gasteiger partial charge in [0.1, 0.15) is 11.2 Å². The average Bonchev–Trinajstić information content (AvgIpc) is 1.46. The summed E-state index contributed by atoms with van der Waals surface area (Å²) in [5.74, 6) is -1.62. The van der Waals surface area contributed by atoms with Crippen LogP contribution in [0, 0.1) is 0 Å². The molecule has 0 radical (unpaired) electrons. The van der Waals surface area contributed by atoms with E-state index < -0.39 is 209 Å². The molecule has 0 N–H and O–H groups in total. The highest BCUT2D eigenvalue weighted by Crippen LogP contribution is 2.46. The van der Waals surface area contributed by atoms with Gasteiger partial charge in [0.2, 0.25) is 0 Å². The second kappa shape index (κ2) is 13.6. The third-order valence-corrected chi connectivity index (χ3v) is 10.4. The minimum atomic E-state index is -0.885. The highest BCUT2D eigenvalue weighted by Gasteiger charge is 2.23. The molecule has 3 heterocycles. The number of benzene rings is 10. The third-order valence-electron chi connectivity index (χ3n) is 10.4. The first-order valence-electron chi connectivity index (χ1n) is 32.7. The molecule has 0 amide bonds. The normalized spacial score (nSPS) is 18.2. The molecule has 0 bridgehead atoms. The molecule has 0 fully saturated rings. The van der Waals surface area contributed by atoms with Crippen molar-refractivity contribution in [3.8, 4) is 62.1 Å². The van der Waals surface area contributed by atoms with Crippen molar-refractivity contribution in [2.24, 2.45) is 0 Å². The predicted molar refractivity (Wildman–Crippen MR) is 255 cm³/mol. The van der Waals surface area contributed by atoms with Gasteiger partial charge in [0.05, 0.1) is 49.4 Å².